The maximum atomic E-state index is 11.2. The largest absolute Gasteiger partial charge is 0.370 e. The van der Waals surface area contributed by atoms with Gasteiger partial charge in [-0.25, -0.2) is 0 Å². The van der Waals surface area contributed by atoms with Gasteiger partial charge in [-0.2, -0.15) is 0 Å². The molecule has 0 saturated carbocycles. The van der Waals surface area contributed by atoms with E-state index in [1.54, 1.807) is 13.8 Å². The van der Waals surface area contributed by atoms with Crippen LogP contribution >= 0.6 is 0 Å². The molecule has 0 rings (SSSR count). The summed E-state index contributed by atoms with van der Waals surface area (Å²) in [4.78, 5) is 21.6. The number of hydrogen-bond donors (Lipinski definition) is 3. The molecule has 0 atom stereocenters. The minimum absolute atomic E-state index is 0.184. The summed E-state index contributed by atoms with van der Waals surface area (Å²) in [6, 6.07) is 0. The average Bonchev–Trinajstić information content (AvgIpc) is 2.01. The summed E-state index contributed by atoms with van der Waals surface area (Å²) in [5.41, 5.74) is 9.67. The zero-order valence-electron chi connectivity index (χ0n) is 8.80. The van der Waals surface area contributed by atoms with Crippen LogP contribution in [0.25, 0.3) is 0 Å². The van der Waals surface area contributed by atoms with Gasteiger partial charge in [0.1, 0.15) is 0 Å². The maximum Gasteiger partial charge on any atom is 0.239 e. The Morgan fingerprint density at radius 3 is 2.29 bits per heavy atom. The number of nitrogens with one attached hydrogen (secondary N) is 1. The Morgan fingerprint density at radius 1 is 1.29 bits per heavy atom. The molecule has 0 unspecified atom stereocenters. The molecule has 0 fully saturated rings. The van der Waals surface area contributed by atoms with Crippen LogP contribution in [0, 0.1) is 0 Å². The normalized spacial score (nSPS) is 11.1. The lowest BCUT2D eigenvalue weighted by Gasteiger charge is -2.17. The van der Waals surface area contributed by atoms with Gasteiger partial charge < -0.3 is 16.8 Å². The molecule has 0 aromatic heterocycles. The van der Waals surface area contributed by atoms with Gasteiger partial charge >= 0.3 is 0 Å². The number of unbranched alkanes of at least 4 members (excludes halogenated alkanes) is 1. The molecule has 0 aliphatic rings. The molecule has 0 spiro atoms. The molecule has 0 aliphatic heterocycles. The molecule has 0 bridgehead atoms. The van der Waals surface area contributed by atoms with E-state index >= 15 is 0 Å². The fraction of sp³-hybridized carbons (Fsp3) is 0.778. The first-order chi connectivity index (χ1) is 6.34. The van der Waals surface area contributed by atoms with Gasteiger partial charge in [0.2, 0.25) is 11.8 Å². The summed E-state index contributed by atoms with van der Waals surface area (Å²) in [7, 11) is 0. The van der Waals surface area contributed by atoms with E-state index in [0.717, 1.165) is 6.42 Å². The van der Waals surface area contributed by atoms with Gasteiger partial charge in [0.15, 0.2) is 0 Å². The number of primary amides is 1. The quantitative estimate of drug-likeness (QED) is 0.505. The van der Waals surface area contributed by atoms with Gasteiger partial charge in [-0.15, -0.1) is 0 Å². The highest BCUT2D eigenvalue weighted by Gasteiger charge is 2.20. The van der Waals surface area contributed by atoms with Gasteiger partial charge in [0.05, 0.1) is 5.54 Å². The third kappa shape index (κ3) is 6.42. The van der Waals surface area contributed by atoms with E-state index in [1.165, 1.54) is 0 Å². The van der Waals surface area contributed by atoms with Gasteiger partial charge in [0, 0.05) is 13.0 Å². The molecule has 5 heteroatoms. The molecule has 14 heavy (non-hydrogen) atoms. The highest BCUT2D eigenvalue weighted by molar-refractivity contribution is 5.84. The monoisotopic (exact) mass is 201 g/mol. The third-order valence-corrected chi connectivity index (χ3v) is 1.72. The van der Waals surface area contributed by atoms with Crippen LogP contribution < -0.4 is 16.8 Å². The van der Waals surface area contributed by atoms with Crippen molar-refractivity contribution in [1.29, 1.82) is 0 Å². The molecule has 0 aromatic rings. The molecule has 0 saturated heterocycles. The fourth-order valence-electron chi connectivity index (χ4n) is 0.854. The summed E-state index contributed by atoms with van der Waals surface area (Å²) in [6.45, 7) is 3.82. The Balaban J connectivity index is 3.46. The van der Waals surface area contributed by atoms with Gasteiger partial charge in [-0.1, -0.05) is 0 Å². The molecule has 5 N–H and O–H groups in total. The molecule has 0 heterocycles. The molecule has 0 radical (unpaired) electrons. The van der Waals surface area contributed by atoms with Crippen molar-refractivity contribution in [2.45, 2.75) is 38.6 Å². The van der Waals surface area contributed by atoms with E-state index in [4.69, 9.17) is 11.5 Å². The minimum atomic E-state index is -0.844. The van der Waals surface area contributed by atoms with Gasteiger partial charge in [-0.05, 0) is 26.7 Å². The number of hydrogen-bond acceptors (Lipinski definition) is 3. The molecule has 0 aromatic carbocycles. The van der Waals surface area contributed by atoms with Crippen LogP contribution in [0.5, 0.6) is 0 Å². The predicted molar refractivity (Wildman–Crippen MR) is 54.3 cm³/mol. The molecule has 2 amide bonds. The number of nitrogens with two attached hydrogens (primary N) is 2. The molecule has 82 valence electrons. The van der Waals surface area contributed by atoms with Crippen LogP contribution in [-0.2, 0) is 9.59 Å². The van der Waals surface area contributed by atoms with Crippen molar-refractivity contribution in [2.75, 3.05) is 6.54 Å². The lowest BCUT2D eigenvalue weighted by Crippen LogP contribution is -2.49. The summed E-state index contributed by atoms with van der Waals surface area (Å²) in [5.74, 6) is -0.493. The standard InChI is InChI=1S/C9H19N3O2/c1-9(2,11)8(14)12-6-4-3-5-7(10)13/h3-6,11H2,1-2H3,(H2,10,13)(H,12,14). The summed E-state index contributed by atoms with van der Waals surface area (Å²) < 4.78 is 0. The van der Waals surface area contributed by atoms with Crippen molar-refractivity contribution in [2.24, 2.45) is 11.5 Å². The van der Waals surface area contributed by atoms with Crippen molar-refractivity contribution < 1.29 is 9.59 Å². The van der Waals surface area contributed by atoms with Crippen molar-refractivity contribution in [1.82, 2.24) is 5.32 Å². The van der Waals surface area contributed by atoms with E-state index in [9.17, 15) is 9.59 Å². The average molecular weight is 201 g/mol. The lowest BCUT2D eigenvalue weighted by atomic mass is 10.1. The first-order valence-corrected chi connectivity index (χ1v) is 4.69. The fourth-order valence-corrected chi connectivity index (χ4v) is 0.854. The highest BCUT2D eigenvalue weighted by atomic mass is 16.2. The van der Waals surface area contributed by atoms with E-state index < -0.39 is 5.54 Å². The smallest absolute Gasteiger partial charge is 0.239 e. The minimum Gasteiger partial charge on any atom is -0.370 e. The molecule has 5 nitrogen and oxygen atoms in total. The van der Waals surface area contributed by atoms with E-state index in [2.05, 4.69) is 5.32 Å². The van der Waals surface area contributed by atoms with Crippen LogP contribution in [0.15, 0.2) is 0 Å². The van der Waals surface area contributed by atoms with Crippen LogP contribution in [0.4, 0.5) is 0 Å². The van der Waals surface area contributed by atoms with Crippen molar-refractivity contribution in [3.05, 3.63) is 0 Å². The SMILES string of the molecule is CC(C)(N)C(=O)NCCCCC(N)=O. The molecular weight excluding hydrogens is 182 g/mol. The van der Waals surface area contributed by atoms with Crippen LogP contribution in [0.2, 0.25) is 0 Å². The van der Waals surface area contributed by atoms with E-state index in [0.29, 0.717) is 19.4 Å². The zero-order valence-corrected chi connectivity index (χ0v) is 8.80. The van der Waals surface area contributed by atoms with Crippen molar-refractivity contribution in [3.63, 3.8) is 0 Å². The first-order valence-electron chi connectivity index (χ1n) is 4.69. The Labute approximate surface area is 84.2 Å². The van der Waals surface area contributed by atoms with Crippen LogP contribution in [0.3, 0.4) is 0 Å². The number of carbonyl (C=O) groups excluding carboxylic acids is 2. The van der Waals surface area contributed by atoms with Crippen molar-refractivity contribution >= 4 is 11.8 Å². The molecule has 0 aliphatic carbocycles. The third-order valence-electron chi connectivity index (χ3n) is 1.72. The number of amides is 2. The second-order valence-electron chi connectivity index (χ2n) is 3.90. The van der Waals surface area contributed by atoms with Crippen LogP contribution in [0.1, 0.15) is 33.1 Å². The van der Waals surface area contributed by atoms with Crippen molar-refractivity contribution in [3.8, 4) is 0 Å². The highest BCUT2D eigenvalue weighted by Crippen LogP contribution is 1.97. The Bertz CT molecular complexity index is 209. The Kier molecular flexibility index (Phi) is 5.15. The van der Waals surface area contributed by atoms with E-state index in [-0.39, 0.29) is 11.8 Å². The Morgan fingerprint density at radius 2 is 1.86 bits per heavy atom. The second-order valence-corrected chi connectivity index (χ2v) is 3.90. The van der Waals surface area contributed by atoms with Crippen LogP contribution in [-0.4, -0.2) is 23.9 Å². The van der Waals surface area contributed by atoms with Gasteiger partial charge in [0.25, 0.3) is 0 Å². The number of carbonyl (C=O) groups is 2. The summed E-state index contributed by atoms with van der Waals surface area (Å²) >= 11 is 0. The zero-order chi connectivity index (χ0) is 11.2. The maximum absolute atomic E-state index is 11.2. The topological polar surface area (TPSA) is 98.2 Å². The lowest BCUT2D eigenvalue weighted by molar-refractivity contribution is -0.125. The predicted octanol–water partition coefficient (Wildman–Crippen LogP) is -0.505. The molecular formula is C9H19N3O2. The second kappa shape index (κ2) is 5.59. The Hall–Kier alpha value is -1.10. The van der Waals surface area contributed by atoms with Gasteiger partial charge in [-0.3, -0.25) is 9.59 Å². The summed E-state index contributed by atoms with van der Waals surface area (Å²) in [5, 5.41) is 2.68. The first kappa shape index (κ1) is 12.9. The number of rotatable bonds is 6. The summed E-state index contributed by atoms with van der Waals surface area (Å²) in [6.07, 6.45) is 1.80. The van der Waals surface area contributed by atoms with E-state index in [1.807, 2.05) is 0 Å².